The zero-order valence-electron chi connectivity index (χ0n) is 14.5. The first-order valence-corrected chi connectivity index (χ1v) is 8.58. The van der Waals surface area contributed by atoms with Gasteiger partial charge in [-0.2, -0.15) is 5.26 Å². The minimum absolute atomic E-state index is 0.0205. The molecule has 1 aliphatic heterocycles. The summed E-state index contributed by atoms with van der Waals surface area (Å²) in [4.78, 5) is 14.0. The lowest BCUT2D eigenvalue weighted by molar-refractivity contribution is 0.0920. The number of piperidine rings is 1. The molecule has 0 aliphatic carbocycles. The van der Waals surface area contributed by atoms with Crippen molar-refractivity contribution in [2.24, 2.45) is 5.92 Å². The van der Waals surface area contributed by atoms with Crippen LogP contribution in [-0.2, 0) is 6.54 Å². The van der Waals surface area contributed by atoms with Crippen molar-refractivity contribution < 1.29 is 14.3 Å². The van der Waals surface area contributed by atoms with Crippen molar-refractivity contribution in [1.82, 2.24) is 15.5 Å². The van der Waals surface area contributed by atoms with Gasteiger partial charge in [-0.3, -0.25) is 0 Å². The Labute approximate surface area is 147 Å². The largest absolute Gasteiger partial charge is 0.390 e. The SMILES string of the molecule is CC1CCN(CC(O)CNC(=O)NCc2cc(C#N)ccc2F)CC1. The van der Waals surface area contributed by atoms with Crippen LogP contribution in [0.15, 0.2) is 18.2 Å². The fourth-order valence-electron chi connectivity index (χ4n) is 2.84. The summed E-state index contributed by atoms with van der Waals surface area (Å²) in [6.45, 7) is 4.82. The van der Waals surface area contributed by atoms with Gasteiger partial charge in [0.25, 0.3) is 0 Å². The van der Waals surface area contributed by atoms with Crippen LogP contribution in [0.3, 0.4) is 0 Å². The van der Waals surface area contributed by atoms with E-state index in [2.05, 4.69) is 22.5 Å². The van der Waals surface area contributed by atoms with Crippen LogP contribution in [0.25, 0.3) is 0 Å². The Morgan fingerprint density at radius 3 is 2.84 bits per heavy atom. The van der Waals surface area contributed by atoms with Crippen molar-refractivity contribution in [3.05, 3.63) is 35.1 Å². The Bertz CT molecular complexity index is 624. The topological polar surface area (TPSA) is 88.4 Å². The smallest absolute Gasteiger partial charge is 0.315 e. The molecule has 1 aromatic rings. The summed E-state index contributed by atoms with van der Waals surface area (Å²) in [7, 11) is 0. The van der Waals surface area contributed by atoms with Crippen LogP contribution in [0.5, 0.6) is 0 Å². The predicted octanol–water partition coefficient (Wildman–Crippen LogP) is 1.59. The van der Waals surface area contributed by atoms with Crippen LogP contribution < -0.4 is 10.6 Å². The van der Waals surface area contributed by atoms with E-state index in [1.165, 1.54) is 18.2 Å². The molecule has 1 fully saturated rings. The number of urea groups is 1. The normalized spacial score (nSPS) is 16.9. The van der Waals surface area contributed by atoms with E-state index in [4.69, 9.17) is 5.26 Å². The second-order valence-electron chi connectivity index (χ2n) is 6.62. The summed E-state index contributed by atoms with van der Waals surface area (Å²) < 4.78 is 13.6. The van der Waals surface area contributed by atoms with Gasteiger partial charge < -0.3 is 20.6 Å². The van der Waals surface area contributed by atoms with E-state index in [9.17, 15) is 14.3 Å². The van der Waals surface area contributed by atoms with Gasteiger partial charge in [0.2, 0.25) is 0 Å². The fourth-order valence-corrected chi connectivity index (χ4v) is 2.84. The number of nitriles is 1. The number of hydrogen-bond acceptors (Lipinski definition) is 4. The van der Waals surface area contributed by atoms with Gasteiger partial charge in [0.1, 0.15) is 5.82 Å². The van der Waals surface area contributed by atoms with Crippen LogP contribution in [-0.4, -0.2) is 48.3 Å². The molecule has 0 bridgehead atoms. The molecule has 0 aromatic heterocycles. The quantitative estimate of drug-likeness (QED) is 0.728. The first-order valence-electron chi connectivity index (χ1n) is 8.58. The van der Waals surface area contributed by atoms with Gasteiger partial charge >= 0.3 is 6.03 Å². The molecule has 1 aliphatic rings. The Kier molecular flexibility index (Phi) is 7.16. The molecule has 1 aromatic carbocycles. The monoisotopic (exact) mass is 348 g/mol. The van der Waals surface area contributed by atoms with Crippen molar-refractivity contribution in [2.45, 2.75) is 32.4 Å². The second kappa shape index (κ2) is 9.35. The van der Waals surface area contributed by atoms with Crippen LogP contribution in [0, 0.1) is 23.1 Å². The van der Waals surface area contributed by atoms with Gasteiger partial charge in [-0.25, -0.2) is 9.18 Å². The lowest BCUT2D eigenvalue weighted by Gasteiger charge is -2.31. The number of halogens is 1. The Morgan fingerprint density at radius 2 is 2.16 bits per heavy atom. The van der Waals surface area contributed by atoms with Gasteiger partial charge in [0, 0.05) is 25.2 Å². The number of carbonyl (C=O) groups is 1. The highest BCUT2D eigenvalue weighted by Crippen LogP contribution is 2.15. The average Bonchev–Trinajstić information content (AvgIpc) is 2.61. The molecule has 0 spiro atoms. The van der Waals surface area contributed by atoms with E-state index in [-0.39, 0.29) is 18.7 Å². The van der Waals surface area contributed by atoms with E-state index in [0.717, 1.165) is 31.8 Å². The molecule has 2 rings (SSSR count). The lowest BCUT2D eigenvalue weighted by Crippen LogP contribution is -2.45. The maximum absolute atomic E-state index is 13.6. The van der Waals surface area contributed by atoms with Crippen molar-refractivity contribution in [2.75, 3.05) is 26.2 Å². The molecule has 1 saturated heterocycles. The van der Waals surface area contributed by atoms with Crippen molar-refractivity contribution in [3.8, 4) is 6.07 Å². The highest BCUT2D eigenvalue weighted by atomic mass is 19.1. The number of nitrogens with zero attached hydrogens (tertiary/aromatic N) is 2. The van der Waals surface area contributed by atoms with Crippen LogP contribution in [0.2, 0.25) is 0 Å². The third kappa shape index (κ3) is 6.33. The third-order valence-corrected chi connectivity index (χ3v) is 4.46. The number of aliphatic hydroxyl groups is 1. The molecule has 136 valence electrons. The third-order valence-electron chi connectivity index (χ3n) is 4.46. The van der Waals surface area contributed by atoms with E-state index >= 15 is 0 Å². The molecule has 25 heavy (non-hydrogen) atoms. The lowest BCUT2D eigenvalue weighted by atomic mass is 9.99. The molecule has 0 radical (unpaired) electrons. The highest BCUT2D eigenvalue weighted by Gasteiger charge is 2.18. The molecule has 6 nitrogen and oxygen atoms in total. The Hall–Kier alpha value is -2.17. The molecule has 3 N–H and O–H groups in total. The predicted molar refractivity (Wildman–Crippen MR) is 92.2 cm³/mol. The van der Waals surface area contributed by atoms with Gasteiger partial charge in [-0.15, -0.1) is 0 Å². The summed E-state index contributed by atoms with van der Waals surface area (Å²) in [6, 6.07) is 5.45. The number of likely N-dealkylation sites (tertiary alicyclic amines) is 1. The molecule has 7 heteroatoms. The van der Waals surface area contributed by atoms with Gasteiger partial charge in [0.05, 0.1) is 17.7 Å². The van der Waals surface area contributed by atoms with Gasteiger partial charge in [-0.05, 0) is 50.0 Å². The molecule has 1 unspecified atom stereocenters. The summed E-state index contributed by atoms with van der Waals surface area (Å²) >= 11 is 0. The number of carbonyl (C=O) groups excluding carboxylic acids is 1. The van der Waals surface area contributed by atoms with Gasteiger partial charge in [-0.1, -0.05) is 6.92 Å². The van der Waals surface area contributed by atoms with Crippen LogP contribution in [0.4, 0.5) is 9.18 Å². The number of amides is 2. The van der Waals surface area contributed by atoms with Crippen molar-refractivity contribution >= 4 is 6.03 Å². The van der Waals surface area contributed by atoms with Crippen molar-refractivity contribution in [3.63, 3.8) is 0 Å². The Balaban J connectivity index is 1.69. The van der Waals surface area contributed by atoms with E-state index in [1.54, 1.807) is 0 Å². The first-order chi connectivity index (χ1) is 12.0. The number of rotatable bonds is 6. The first kappa shape index (κ1) is 19.2. The molecular weight excluding hydrogens is 323 g/mol. The highest BCUT2D eigenvalue weighted by molar-refractivity contribution is 5.73. The summed E-state index contributed by atoms with van der Waals surface area (Å²) in [5.74, 6) is 0.260. The summed E-state index contributed by atoms with van der Waals surface area (Å²) in [5, 5.41) is 24.0. The maximum atomic E-state index is 13.6. The number of aliphatic hydroxyl groups excluding tert-OH is 1. The van der Waals surface area contributed by atoms with E-state index in [0.29, 0.717) is 12.1 Å². The molecule has 1 atom stereocenters. The molecule has 2 amide bonds. The zero-order valence-corrected chi connectivity index (χ0v) is 14.5. The number of β-amino-alcohol motifs (C(OH)–C–C–N with tert-alkyl or cyclic N) is 1. The second-order valence-corrected chi connectivity index (χ2v) is 6.62. The standard InChI is InChI=1S/C18H25FN4O2/c1-13-4-6-23(7-5-13)12-16(24)11-22-18(25)21-10-15-8-14(9-20)2-3-17(15)19/h2-3,8,13,16,24H,4-7,10-12H2,1H3,(H2,21,22,25). The average molecular weight is 348 g/mol. The molecule has 1 heterocycles. The van der Waals surface area contributed by atoms with Gasteiger partial charge in [0.15, 0.2) is 0 Å². The number of nitrogens with one attached hydrogen (secondary N) is 2. The van der Waals surface area contributed by atoms with Crippen molar-refractivity contribution in [1.29, 1.82) is 5.26 Å². The zero-order chi connectivity index (χ0) is 18.2. The summed E-state index contributed by atoms with van der Waals surface area (Å²) in [5.41, 5.74) is 0.585. The fraction of sp³-hybridized carbons (Fsp3) is 0.556. The Morgan fingerprint density at radius 1 is 1.44 bits per heavy atom. The van der Waals surface area contributed by atoms with Crippen LogP contribution in [0.1, 0.15) is 30.9 Å². The molecular formula is C18H25FN4O2. The summed E-state index contributed by atoms with van der Waals surface area (Å²) in [6.07, 6.45) is 1.62. The number of hydrogen-bond donors (Lipinski definition) is 3. The number of benzene rings is 1. The van der Waals surface area contributed by atoms with Crippen LogP contribution >= 0.6 is 0 Å². The maximum Gasteiger partial charge on any atom is 0.315 e. The van der Waals surface area contributed by atoms with E-state index in [1.807, 2.05) is 6.07 Å². The van der Waals surface area contributed by atoms with E-state index < -0.39 is 18.0 Å². The minimum atomic E-state index is -0.641. The molecule has 0 saturated carbocycles. The minimum Gasteiger partial charge on any atom is -0.390 e.